The fourth-order valence-corrected chi connectivity index (χ4v) is 2.96. The second kappa shape index (κ2) is 5.28. The number of benzene rings is 2. The SMILES string of the molecule is Cc1cc(F)cc(Cc2ccc3c(c2)CCC(C)N3)c1. The lowest BCUT2D eigenvalue weighted by Crippen LogP contribution is -2.21. The van der Waals surface area contributed by atoms with Gasteiger partial charge in [-0.2, -0.15) is 0 Å². The zero-order chi connectivity index (χ0) is 14.1. The van der Waals surface area contributed by atoms with Crippen molar-refractivity contribution in [2.75, 3.05) is 5.32 Å². The molecule has 1 nitrogen and oxygen atoms in total. The summed E-state index contributed by atoms with van der Waals surface area (Å²) in [6, 6.07) is 12.4. The van der Waals surface area contributed by atoms with Crippen molar-refractivity contribution in [1.82, 2.24) is 0 Å². The molecule has 2 aromatic rings. The van der Waals surface area contributed by atoms with E-state index in [9.17, 15) is 4.39 Å². The minimum absolute atomic E-state index is 0.145. The van der Waals surface area contributed by atoms with E-state index in [2.05, 4.69) is 36.5 Å². The number of hydrogen-bond donors (Lipinski definition) is 1. The highest BCUT2D eigenvalue weighted by Gasteiger charge is 2.14. The molecule has 2 heteroatoms. The van der Waals surface area contributed by atoms with Gasteiger partial charge < -0.3 is 5.32 Å². The van der Waals surface area contributed by atoms with Gasteiger partial charge >= 0.3 is 0 Å². The zero-order valence-electron chi connectivity index (χ0n) is 12.0. The molecule has 1 N–H and O–H groups in total. The van der Waals surface area contributed by atoms with Gasteiger partial charge in [0.2, 0.25) is 0 Å². The molecule has 0 fully saturated rings. The van der Waals surface area contributed by atoms with E-state index in [-0.39, 0.29) is 5.82 Å². The van der Waals surface area contributed by atoms with Crippen LogP contribution in [0.2, 0.25) is 0 Å². The third-order valence-electron chi connectivity index (χ3n) is 3.93. The summed E-state index contributed by atoms with van der Waals surface area (Å²) in [4.78, 5) is 0. The molecule has 2 aromatic carbocycles. The Morgan fingerprint density at radius 3 is 2.80 bits per heavy atom. The van der Waals surface area contributed by atoms with Crippen LogP contribution in [-0.2, 0) is 12.8 Å². The largest absolute Gasteiger partial charge is 0.382 e. The maximum Gasteiger partial charge on any atom is 0.123 e. The van der Waals surface area contributed by atoms with Crippen molar-refractivity contribution in [3.05, 3.63) is 64.5 Å². The molecular weight excluding hydrogens is 249 g/mol. The number of rotatable bonds is 2. The normalized spacial score (nSPS) is 17.4. The molecule has 0 bridgehead atoms. The molecule has 0 radical (unpaired) electrons. The lowest BCUT2D eigenvalue weighted by Gasteiger charge is -2.24. The second-order valence-electron chi connectivity index (χ2n) is 5.89. The van der Waals surface area contributed by atoms with Crippen molar-refractivity contribution in [2.24, 2.45) is 0 Å². The molecule has 20 heavy (non-hydrogen) atoms. The van der Waals surface area contributed by atoms with Crippen LogP contribution in [0.25, 0.3) is 0 Å². The maximum atomic E-state index is 13.4. The van der Waals surface area contributed by atoms with Gasteiger partial charge in [0.15, 0.2) is 0 Å². The van der Waals surface area contributed by atoms with Gasteiger partial charge in [0.1, 0.15) is 5.82 Å². The van der Waals surface area contributed by atoms with Crippen LogP contribution in [0.15, 0.2) is 36.4 Å². The molecule has 1 unspecified atom stereocenters. The Kier molecular flexibility index (Phi) is 3.47. The van der Waals surface area contributed by atoms with Crippen molar-refractivity contribution in [1.29, 1.82) is 0 Å². The molecular formula is C18H20FN. The molecule has 0 aliphatic carbocycles. The average molecular weight is 269 g/mol. The summed E-state index contributed by atoms with van der Waals surface area (Å²) < 4.78 is 13.4. The van der Waals surface area contributed by atoms with Crippen LogP contribution in [0.3, 0.4) is 0 Å². The molecule has 3 rings (SSSR count). The van der Waals surface area contributed by atoms with E-state index in [0.717, 1.165) is 24.0 Å². The first-order valence-corrected chi connectivity index (χ1v) is 7.24. The number of aryl methyl sites for hydroxylation is 2. The number of halogens is 1. The Labute approximate surface area is 119 Å². The summed E-state index contributed by atoms with van der Waals surface area (Å²) in [5.41, 5.74) is 5.91. The Hall–Kier alpha value is -1.83. The first kappa shape index (κ1) is 13.2. The van der Waals surface area contributed by atoms with Crippen LogP contribution in [0.1, 0.15) is 35.6 Å². The first-order chi connectivity index (χ1) is 9.60. The summed E-state index contributed by atoms with van der Waals surface area (Å²) in [5.74, 6) is -0.145. The third kappa shape index (κ3) is 2.84. The number of hydrogen-bond acceptors (Lipinski definition) is 1. The van der Waals surface area contributed by atoms with Gasteiger partial charge in [0.05, 0.1) is 0 Å². The highest BCUT2D eigenvalue weighted by atomic mass is 19.1. The van der Waals surface area contributed by atoms with E-state index in [4.69, 9.17) is 0 Å². The summed E-state index contributed by atoms with van der Waals surface area (Å²) in [5, 5.41) is 3.51. The molecule has 0 spiro atoms. The van der Waals surface area contributed by atoms with Crippen molar-refractivity contribution < 1.29 is 4.39 Å². The van der Waals surface area contributed by atoms with Crippen molar-refractivity contribution in [3.8, 4) is 0 Å². The fourth-order valence-electron chi connectivity index (χ4n) is 2.96. The highest BCUT2D eigenvalue weighted by Crippen LogP contribution is 2.26. The second-order valence-corrected chi connectivity index (χ2v) is 5.89. The van der Waals surface area contributed by atoms with Gasteiger partial charge in [0, 0.05) is 11.7 Å². The van der Waals surface area contributed by atoms with Gasteiger partial charge in [-0.3, -0.25) is 0 Å². The van der Waals surface area contributed by atoms with E-state index < -0.39 is 0 Å². The van der Waals surface area contributed by atoms with E-state index in [0.29, 0.717) is 6.04 Å². The zero-order valence-corrected chi connectivity index (χ0v) is 12.0. The van der Waals surface area contributed by atoms with Gasteiger partial charge in [0.25, 0.3) is 0 Å². The Balaban J connectivity index is 1.84. The molecule has 1 aliphatic rings. The topological polar surface area (TPSA) is 12.0 Å². The summed E-state index contributed by atoms with van der Waals surface area (Å²) >= 11 is 0. The van der Waals surface area contributed by atoms with Gasteiger partial charge in [-0.1, -0.05) is 18.2 Å². The molecule has 0 amide bonds. The third-order valence-corrected chi connectivity index (χ3v) is 3.93. The van der Waals surface area contributed by atoms with E-state index >= 15 is 0 Å². The minimum Gasteiger partial charge on any atom is -0.382 e. The molecule has 0 saturated carbocycles. The van der Waals surface area contributed by atoms with Crippen molar-refractivity contribution >= 4 is 5.69 Å². The standard InChI is InChI=1S/C18H20FN/c1-12-7-15(11-17(19)8-12)9-14-4-6-18-16(10-14)5-3-13(2)20-18/h4,6-8,10-11,13,20H,3,5,9H2,1-2H3. The Morgan fingerprint density at radius 2 is 2.00 bits per heavy atom. The van der Waals surface area contributed by atoms with E-state index in [1.807, 2.05) is 6.92 Å². The first-order valence-electron chi connectivity index (χ1n) is 7.24. The lowest BCUT2D eigenvalue weighted by molar-refractivity contribution is 0.624. The van der Waals surface area contributed by atoms with Crippen molar-refractivity contribution in [3.63, 3.8) is 0 Å². The molecule has 1 heterocycles. The highest BCUT2D eigenvalue weighted by molar-refractivity contribution is 5.55. The fraction of sp³-hybridized carbons (Fsp3) is 0.333. The smallest absolute Gasteiger partial charge is 0.123 e. The number of anilines is 1. The van der Waals surface area contributed by atoms with Gasteiger partial charge in [-0.05, 0) is 73.6 Å². The minimum atomic E-state index is -0.145. The lowest BCUT2D eigenvalue weighted by atomic mass is 9.94. The monoisotopic (exact) mass is 269 g/mol. The van der Waals surface area contributed by atoms with Gasteiger partial charge in [-0.15, -0.1) is 0 Å². The molecule has 0 aromatic heterocycles. The van der Waals surface area contributed by atoms with Crippen LogP contribution >= 0.6 is 0 Å². The maximum absolute atomic E-state index is 13.4. The van der Waals surface area contributed by atoms with Crippen LogP contribution < -0.4 is 5.32 Å². The number of fused-ring (bicyclic) bond motifs is 1. The number of nitrogens with one attached hydrogen (secondary N) is 1. The van der Waals surface area contributed by atoms with Crippen LogP contribution in [0, 0.1) is 12.7 Å². The van der Waals surface area contributed by atoms with Gasteiger partial charge in [-0.25, -0.2) is 4.39 Å². The summed E-state index contributed by atoms with van der Waals surface area (Å²) in [7, 11) is 0. The predicted molar refractivity (Wildman–Crippen MR) is 81.8 cm³/mol. The summed E-state index contributed by atoms with van der Waals surface area (Å²) in [6.45, 7) is 4.15. The van der Waals surface area contributed by atoms with Crippen molar-refractivity contribution in [2.45, 2.75) is 39.2 Å². The Bertz CT molecular complexity index is 613. The average Bonchev–Trinajstić information content (AvgIpc) is 2.38. The molecule has 104 valence electrons. The molecule has 1 atom stereocenters. The van der Waals surface area contributed by atoms with E-state index in [1.165, 1.54) is 23.2 Å². The Morgan fingerprint density at radius 1 is 1.15 bits per heavy atom. The van der Waals surface area contributed by atoms with Crippen LogP contribution in [0.5, 0.6) is 0 Å². The van der Waals surface area contributed by atoms with Crippen LogP contribution in [-0.4, -0.2) is 6.04 Å². The van der Waals surface area contributed by atoms with E-state index in [1.54, 1.807) is 12.1 Å². The van der Waals surface area contributed by atoms with Crippen LogP contribution in [0.4, 0.5) is 10.1 Å². The summed E-state index contributed by atoms with van der Waals surface area (Å²) in [6.07, 6.45) is 3.09. The molecule has 1 aliphatic heterocycles. The quantitative estimate of drug-likeness (QED) is 0.848. The predicted octanol–water partition coefficient (Wildman–Crippen LogP) is 4.47. The molecule has 0 saturated heterocycles.